The van der Waals surface area contributed by atoms with Gasteiger partial charge in [0.15, 0.2) is 6.10 Å². The van der Waals surface area contributed by atoms with Crippen LogP contribution in [0.3, 0.4) is 0 Å². The van der Waals surface area contributed by atoms with E-state index in [4.69, 9.17) is 20.4 Å². The number of carbonyl (C=O) groups is 1. The summed E-state index contributed by atoms with van der Waals surface area (Å²) in [6, 6.07) is 0. The largest absolute Gasteiger partial charge is 0.394 e. The predicted octanol–water partition coefficient (Wildman–Crippen LogP) is -2.80. The number of amides is 1. The molecule has 0 spiro atoms. The van der Waals surface area contributed by atoms with Gasteiger partial charge in [-0.25, -0.2) is 0 Å². The quantitative estimate of drug-likeness (QED) is 0.324. The van der Waals surface area contributed by atoms with Crippen molar-refractivity contribution >= 4 is 5.91 Å². The smallest absolute Gasteiger partial charge is 0.251 e. The summed E-state index contributed by atoms with van der Waals surface area (Å²) in [4.78, 5) is 10.9. The summed E-state index contributed by atoms with van der Waals surface area (Å²) >= 11 is 0. The third-order valence-electron chi connectivity index (χ3n) is 1.45. The molecule has 3 unspecified atom stereocenters. The molecular formula is C7H15NO5. The van der Waals surface area contributed by atoms with Crippen molar-refractivity contribution in [2.24, 2.45) is 0 Å². The summed E-state index contributed by atoms with van der Waals surface area (Å²) in [6.07, 6.45) is -3.72. The summed E-state index contributed by atoms with van der Waals surface area (Å²) in [5.41, 5.74) is 0. The average molecular weight is 193 g/mol. The van der Waals surface area contributed by atoms with Crippen LogP contribution in [0.15, 0.2) is 0 Å². The second-order valence-corrected chi connectivity index (χ2v) is 2.77. The van der Waals surface area contributed by atoms with Crippen molar-refractivity contribution in [3.8, 4) is 0 Å². The molecule has 3 atom stereocenters. The van der Waals surface area contributed by atoms with Gasteiger partial charge in [-0.05, 0) is 6.92 Å². The van der Waals surface area contributed by atoms with E-state index in [1.54, 1.807) is 0 Å². The van der Waals surface area contributed by atoms with Gasteiger partial charge in [0.05, 0.1) is 18.8 Å². The van der Waals surface area contributed by atoms with Gasteiger partial charge in [-0.3, -0.25) is 4.79 Å². The summed E-state index contributed by atoms with van der Waals surface area (Å²) in [5.74, 6) is -0.775. The fraction of sp³-hybridized carbons (Fsp3) is 0.857. The molecule has 5 N–H and O–H groups in total. The molecule has 0 saturated carbocycles. The van der Waals surface area contributed by atoms with Gasteiger partial charge < -0.3 is 25.7 Å². The highest BCUT2D eigenvalue weighted by molar-refractivity contribution is 5.81. The van der Waals surface area contributed by atoms with E-state index in [0.29, 0.717) is 0 Å². The third kappa shape index (κ3) is 4.79. The van der Waals surface area contributed by atoms with Gasteiger partial charge in [-0.2, -0.15) is 0 Å². The van der Waals surface area contributed by atoms with Gasteiger partial charge in [0.2, 0.25) is 0 Å². The van der Waals surface area contributed by atoms with Crippen LogP contribution in [0.2, 0.25) is 0 Å². The molecule has 0 heterocycles. The SMILES string of the molecule is CC(O)C(O)C(=O)NCC(O)CO. The van der Waals surface area contributed by atoms with E-state index in [-0.39, 0.29) is 6.54 Å². The molecule has 0 bridgehead atoms. The Morgan fingerprint density at radius 2 is 1.92 bits per heavy atom. The first-order valence-corrected chi connectivity index (χ1v) is 3.91. The lowest BCUT2D eigenvalue weighted by Gasteiger charge is -2.14. The Bertz CT molecular complexity index is 161. The zero-order valence-electron chi connectivity index (χ0n) is 7.34. The number of hydrogen-bond acceptors (Lipinski definition) is 5. The van der Waals surface area contributed by atoms with Crippen LogP contribution < -0.4 is 5.32 Å². The van der Waals surface area contributed by atoms with E-state index in [2.05, 4.69) is 5.32 Å². The van der Waals surface area contributed by atoms with Crippen molar-refractivity contribution in [3.63, 3.8) is 0 Å². The summed E-state index contributed by atoms with van der Waals surface area (Å²) < 4.78 is 0. The van der Waals surface area contributed by atoms with Gasteiger partial charge in [0.1, 0.15) is 0 Å². The molecule has 0 rings (SSSR count). The maximum Gasteiger partial charge on any atom is 0.251 e. The van der Waals surface area contributed by atoms with Crippen LogP contribution in [-0.2, 0) is 4.79 Å². The molecule has 0 aromatic carbocycles. The van der Waals surface area contributed by atoms with E-state index in [9.17, 15) is 4.79 Å². The molecule has 0 radical (unpaired) electrons. The molecule has 0 aliphatic rings. The standard InChI is InChI=1S/C7H15NO5/c1-4(10)6(12)7(13)8-2-5(11)3-9/h4-6,9-12H,2-3H2,1H3,(H,8,13). The molecule has 0 saturated heterocycles. The number of nitrogens with one attached hydrogen (secondary N) is 1. The number of hydrogen-bond donors (Lipinski definition) is 5. The lowest BCUT2D eigenvalue weighted by Crippen LogP contribution is -2.44. The first kappa shape index (κ1) is 12.3. The van der Waals surface area contributed by atoms with Crippen molar-refractivity contribution in [1.29, 1.82) is 0 Å². The Kier molecular flexibility index (Phi) is 5.56. The molecule has 6 heteroatoms. The maximum absolute atomic E-state index is 10.9. The van der Waals surface area contributed by atoms with Gasteiger partial charge in [-0.15, -0.1) is 0 Å². The Hall–Kier alpha value is -0.690. The number of aliphatic hydroxyl groups excluding tert-OH is 4. The minimum absolute atomic E-state index is 0.154. The molecular weight excluding hydrogens is 178 g/mol. The van der Waals surface area contributed by atoms with Crippen LogP contribution in [0.4, 0.5) is 0 Å². The Labute approximate surface area is 75.8 Å². The van der Waals surface area contributed by atoms with E-state index in [1.807, 2.05) is 0 Å². The highest BCUT2D eigenvalue weighted by atomic mass is 16.3. The number of carbonyl (C=O) groups excluding carboxylic acids is 1. The van der Waals surface area contributed by atoms with Crippen LogP contribution in [0.25, 0.3) is 0 Å². The van der Waals surface area contributed by atoms with Crippen molar-refractivity contribution in [2.75, 3.05) is 13.2 Å². The van der Waals surface area contributed by atoms with Gasteiger partial charge >= 0.3 is 0 Å². The molecule has 0 aliphatic carbocycles. The zero-order chi connectivity index (χ0) is 10.4. The second kappa shape index (κ2) is 5.87. The molecule has 1 amide bonds. The molecule has 0 aromatic rings. The number of aliphatic hydroxyl groups is 4. The third-order valence-corrected chi connectivity index (χ3v) is 1.45. The maximum atomic E-state index is 10.9. The van der Waals surface area contributed by atoms with E-state index in [0.717, 1.165) is 0 Å². The lowest BCUT2D eigenvalue weighted by molar-refractivity contribution is -0.134. The van der Waals surface area contributed by atoms with Crippen LogP contribution in [0.5, 0.6) is 0 Å². The van der Waals surface area contributed by atoms with E-state index < -0.39 is 30.8 Å². The summed E-state index contributed by atoms with van der Waals surface area (Å²) in [5, 5.41) is 37.1. The minimum Gasteiger partial charge on any atom is -0.394 e. The highest BCUT2D eigenvalue weighted by Gasteiger charge is 2.20. The summed E-state index contributed by atoms with van der Waals surface area (Å²) in [6.45, 7) is 0.650. The van der Waals surface area contributed by atoms with Gasteiger partial charge in [-0.1, -0.05) is 0 Å². The van der Waals surface area contributed by atoms with Crippen molar-refractivity contribution in [1.82, 2.24) is 5.32 Å². The minimum atomic E-state index is -1.51. The molecule has 13 heavy (non-hydrogen) atoms. The normalized spacial score (nSPS) is 17.6. The predicted molar refractivity (Wildman–Crippen MR) is 43.8 cm³/mol. The van der Waals surface area contributed by atoms with Crippen LogP contribution in [-0.4, -0.2) is 57.8 Å². The van der Waals surface area contributed by atoms with Crippen LogP contribution in [0, 0.1) is 0 Å². The molecule has 78 valence electrons. The topological polar surface area (TPSA) is 110 Å². The zero-order valence-corrected chi connectivity index (χ0v) is 7.34. The number of rotatable bonds is 5. The Morgan fingerprint density at radius 1 is 1.38 bits per heavy atom. The summed E-state index contributed by atoms with van der Waals surface area (Å²) in [7, 11) is 0. The molecule has 0 fully saturated rings. The first-order valence-electron chi connectivity index (χ1n) is 3.91. The molecule has 6 nitrogen and oxygen atoms in total. The van der Waals surface area contributed by atoms with Crippen LogP contribution >= 0.6 is 0 Å². The Balaban J connectivity index is 3.74. The molecule has 0 aromatic heterocycles. The lowest BCUT2D eigenvalue weighted by atomic mass is 10.2. The van der Waals surface area contributed by atoms with Crippen molar-refractivity contribution < 1.29 is 25.2 Å². The fourth-order valence-corrected chi connectivity index (χ4v) is 0.607. The van der Waals surface area contributed by atoms with Crippen LogP contribution in [0.1, 0.15) is 6.92 Å². The first-order chi connectivity index (χ1) is 5.99. The van der Waals surface area contributed by atoms with Crippen molar-refractivity contribution in [2.45, 2.75) is 25.2 Å². The van der Waals surface area contributed by atoms with Crippen molar-refractivity contribution in [3.05, 3.63) is 0 Å². The molecule has 0 aliphatic heterocycles. The van der Waals surface area contributed by atoms with E-state index >= 15 is 0 Å². The second-order valence-electron chi connectivity index (χ2n) is 2.77. The Morgan fingerprint density at radius 3 is 2.31 bits per heavy atom. The highest BCUT2D eigenvalue weighted by Crippen LogP contribution is 1.91. The average Bonchev–Trinajstić information content (AvgIpc) is 2.11. The van der Waals surface area contributed by atoms with E-state index in [1.165, 1.54) is 6.92 Å². The monoisotopic (exact) mass is 193 g/mol. The fourth-order valence-electron chi connectivity index (χ4n) is 0.607. The van der Waals surface area contributed by atoms with Gasteiger partial charge in [0.25, 0.3) is 5.91 Å². The van der Waals surface area contributed by atoms with Gasteiger partial charge in [0, 0.05) is 6.54 Å².